The molecule has 0 spiro atoms. The fourth-order valence-corrected chi connectivity index (χ4v) is 3.06. The molecule has 0 saturated heterocycles. The van der Waals surface area contributed by atoms with Crippen molar-refractivity contribution in [1.29, 1.82) is 0 Å². The van der Waals surface area contributed by atoms with E-state index in [2.05, 4.69) is 4.74 Å². The second-order valence-corrected chi connectivity index (χ2v) is 6.08. The molecule has 0 N–H and O–H groups in total. The van der Waals surface area contributed by atoms with Crippen LogP contribution in [-0.2, 0) is 19.1 Å². The molecular formula is C13H13ClO4Se. The van der Waals surface area contributed by atoms with Crippen molar-refractivity contribution in [3.05, 3.63) is 39.8 Å². The molecule has 1 aromatic rings. The minimum atomic E-state index is -0.543. The monoisotopic (exact) mass is 348 g/mol. The quantitative estimate of drug-likeness (QED) is 0.457. The van der Waals surface area contributed by atoms with Gasteiger partial charge in [-0.2, -0.15) is 0 Å². The van der Waals surface area contributed by atoms with Gasteiger partial charge < -0.3 is 0 Å². The number of carbonyl (C=O) groups is 2. The molecule has 0 radical (unpaired) electrons. The normalized spacial score (nSPS) is 11.0. The average Bonchev–Trinajstić information content (AvgIpc) is 2.40. The SMILES string of the molecule is CCOC(=O)/C=C(\[Se]c1ccc(Cl)cc1)C(=O)OC. The van der Waals surface area contributed by atoms with E-state index in [1.165, 1.54) is 13.2 Å². The number of hydrogen-bond donors (Lipinski definition) is 0. The molecule has 0 aromatic heterocycles. The molecule has 4 nitrogen and oxygen atoms in total. The number of esters is 2. The van der Waals surface area contributed by atoms with Crippen LogP contribution in [0.15, 0.2) is 34.8 Å². The maximum absolute atomic E-state index is 11.6. The number of benzene rings is 1. The molecule has 0 saturated carbocycles. The van der Waals surface area contributed by atoms with Crippen molar-refractivity contribution in [2.45, 2.75) is 6.92 Å². The van der Waals surface area contributed by atoms with Crippen molar-refractivity contribution in [2.75, 3.05) is 13.7 Å². The molecule has 0 amide bonds. The Hall–Kier alpha value is -1.29. The van der Waals surface area contributed by atoms with Crippen LogP contribution in [0.4, 0.5) is 0 Å². The fraction of sp³-hybridized carbons (Fsp3) is 0.231. The van der Waals surface area contributed by atoms with Gasteiger partial charge in [-0.25, -0.2) is 0 Å². The molecule has 102 valence electrons. The van der Waals surface area contributed by atoms with Crippen molar-refractivity contribution in [1.82, 2.24) is 0 Å². The standard InChI is InChI=1S/C13H13ClO4Se/c1-3-18-12(15)8-11(13(16)17-2)19-10-6-4-9(14)5-7-10/h4-8H,3H2,1-2H3/b11-8-. The van der Waals surface area contributed by atoms with E-state index in [4.69, 9.17) is 16.3 Å². The van der Waals surface area contributed by atoms with Crippen molar-refractivity contribution >= 4 is 43.0 Å². The van der Waals surface area contributed by atoms with Gasteiger partial charge in [-0.15, -0.1) is 0 Å². The van der Waals surface area contributed by atoms with Crippen LogP contribution in [0.3, 0.4) is 0 Å². The molecule has 0 aliphatic heterocycles. The summed E-state index contributed by atoms with van der Waals surface area (Å²) in [7, 11) is 1.28. The predicted molar refractivity (Wildman–Crippen MR) is 73.6 cm³/mol. The van der Waals surface area contributed by atoms with E-state index >= 15 is 0 Å². The number of rotatable bonds is 5. The second kappa shape index (κ2) is 8.00. The predicted octanol–water partition coefficient (Wildman–Crippen LogP) is 1.29. The van der Waals surface area contributed by atoms with Gasteiger partial charge in [0.1, 0.15) is 0 Å². The van der Waals surface area contributed by atoms with Crippen molar-refractivity contribution in [3.63, 3.8) is 0 Å². The molecule has 0 atom stereocenters. The van der Waals surface area contributed by atoms with Gasteiger partial charge in [0, 0.05) is 0 Å². The summed E-state index contributed by atoms with van der Waals surface area (Å²) in [4.78, 5) is 23.0. The zero-order chi connectivity index (χ0) is 14.3. The number of carbonyl (C=O) groups excluding carboxylic acids is 2. The van der Waals surface area contributed by atoms with Crippen LogP contribution in [0.5, 0.6) is 0 Å². The molecule has 0 heterocycles. The molecule has 0 aliphatic carbocycles. The number of halogens is 1. The third-order valence-electron chi connectivity index (χ3n) is 1.96. The van der Waals surface area contributed by atoms with Crippen molar-refractivity contribution in [3.8, 4) is 0 Å². The Balaban J connectivity index is 2.89. The van der Waals surface area contributed by atoms with E-state index < -0.39 is 11.9 Å². The van der Waals surface area contributed by atoms with Crippen LogP contribution in [0.2, 0.25) is 5.02 Å². The van der Waals surface area contributed by atoms with E-state index in [9.17, 15) is 9.59 Å². The molecule has 1 aromatic carbocycles. The molecule has 0 fully saturated rings. The summed E-state index contributed by atoms with van der Waals surface area (Å²) in [6.45, 7) is 1.96. The summed E-state index contributed by atoms with van der Waals surface area (Å²) in [5, 5.41) is 0.619. The van der Waals surface area contributed by atoms with E-state index in [0.29, 0.717) is 9.49 Å². The van der Waals surface area contributed by atoms with Gasteiger partial charge in [0.2, 0.25) is 0 Å². The fourth-order valence-electron chi connectivity index (χ4n) is 1.15. The molecular weight excluding hydrogens is 335 g/mol. The Morgan fingerprint density at radius 3 is 2.47 bits per heavy atom. The zero-order valence-electron chi connectivity index (χ0n) is 10.5. The van der Waals surface area contributed by atoms with Gasteiger partial charge in [0.05, 0.1) is 0 Å². The van der Waals surface area contributed by atoms with Crippen molar-refractivity contribution < 1.29 is 19.1 Å². The second-order valence-electron chi connectivity index (χ2n) is 3.31. The average molecular weight is 348 g/mol. The molecule has 19 heavy (non-hydrogen) atoms. The number of methoxy groups -OCH3 is 1. The molecule has 6 heteroatoms. The molecule has 1 rings (SSSR count). The Morgan fingerprint density at radius 1 is 1.32 bits per heavy atom. The van der Waals surface area contributed by atoms with Crippen LogP contribution in [0.25, 0.3) is 0 Å². The van der Waals surface area contributed by atoms with Crippen LogP contribution in [0.1, 0.15) is 6.92 Å². The number of ether oxygens (including phenoxy) is 2. The van der Waals surface area contributed by atoms with Gasteiger partial charge >= 0.3 is 122 Å². The first-order valence-electron chi connectivity index (χ1n) is 5.47. The van der Waals surface area contributed by atoms with Gasteiger partial charge in [0.15, 0.2) is 0 Å². The molecule has 0 aliphatic rings. The first-order chi connectivity index (χ1) is 9.06. The van der Waals surface area contributed by atoms with Crippen LogP contribution in [0, 0.1) is 0 Å². The van der Waals surface area contributed by atoms with E-state index in [1.807, 2.05) is 12.1 Å². The minimum absolute atomic E-state index is 0.262. The Bertz CT molecular complexity index is 482. The first-order valence-corrected chi connectivity index (χ1v) is 7.56. The van der Waals surface area contributed by atoms with E-state index in [-0.39, 0.29) is 21.6 Å². The van der Waals surface area contributed by atoms with Crippen molar-refractivity contribution in [2.24, 2.45) is 0 Å². The molecule has 0 bridgehead atoms. The van der Waals surface area contributed by atoms with Gasteiger partial charge in [-0.3, -0.25) is 0 Å². The van der Waals surface area contributed by atoms with Gasteiger partial charge in [-0.05, 0) is 0 Å². The first kappa shape index (κ1) is 15.8. The summed E-state index contributed by atoms with van der Waals surface area (Å²) < 4.78 is 10.7. The number of hydrogen-bond acceptors (Lipinski definition) is 4. The maximum atomic E-state index is 11.6. The summed E-state index contributed by atoms with van der Waals surface area (Å²) in [6.07, 6.45) is 1.18. The van der Waals surface area contributed by atoms with Gasteiger partial charge in [-0.1, -0.05) is 0 Å². The van der Waals surface area contributed by atoms with E-state index in [0.717, 1.165) is 4.46 Å². The molecule has 0 unspecified atom stereocenters. The van der Waals surface area contributed by atoms with Crippen LogP contribution in [-0.4, -0.2) is 40.6 Å². The van der Waals surface area contributed by atoms with Gasteiger partial charge in [0.25, 0.3) is 0 Å². The summed E-state index contributed by atoms with van der Waals surface area (Å²) in [6, 6.07) is 7.09. The third-order valence-corrected chi connectivity index (χ3v) is 4.34. The van der Waals surface area contributed by atoms with Crippen LogP contribution >= 0.6 is 11.6 Å². The topological polar surface area (TPSA) is 52.6 Å². The van der Waals surface area contributed by atoms with E-state index in [1.54, 1.807) is 19.1 Å². The summed E-state index contributed by atoms with van der Waals surface area (Å²) >= 11 is 5.45. The Labute approximate surface area is 122 Å². The summed E-state index contributed by atoms with van der Waals surface area (Å²) in [5.74, 6) is -1.07. The summed E-state index contributed by atoms with van der Waals surface area (Å²) in [5.41, 5.74) is 0. The van der Waals surface area contributed by atoms with Crippen LogP contribution < -0.4 is 4.46 Å². The Kier molecular flexibility index (Phi) is 6.63. The third kappa shape index (κ3) is 5.47. The Morgan fingerprint density at radius 2 is 1.95 bits per heavy atom. The zero-order valence-corrected chi connectivity index (χ0v) is 13.0.